The summed E-state index contributed by atoms with van der Waals surface area (Å²) in [5, 5.41) is 12.4. The first-order valence-corrected chi connectivity index (χ1v) is 10.1. The van der Waals surface area contributed by atoms with Crippen LogP contribution < -0.4 is 19.9 Å². The highest BCUT2D eigenvalue weighted by Crippen LogP contribution is 2.49. The zero-order valence-electron chi connectivity index (χ0n) is 17.8. The lowest BCUT2D eigenvalue weighted by Crippen LogP contribution is -2.44. The third kappa shape index (κ3) is 3.19. The van der Waals surface area contributed by atoms with Crippen molar-refractivity contribution in [3.8, 4) is 17.4 Å². The van der Waals surface area contributed by atoms with E-state index in [2.05, 4.69) is 4.98 Å². The second kappa shape index (κ2) is 8.22. The molecule has 1 amide bonds. The lowest BCUT2D eigenvalue weighted by atomic mass is 9.93. The lowest BCUT2D eigenvalue weighted by molar-refractivity contribution is -0.0539. The zero-order chi connectivity index (χ0) is 23.0. The number of methoxy groups -OCH3 is 3. The zero-order valence-corrected chi connectivity index (χ0v) is 18.5. The van der Waals surface area contributed by atoms with E-state index in [0.29, 0.717) is 22.6 Å². The Bertz CT molecular complexity index is 1200. The van der Waals surface area contributed by atoms with Crippen LogP contribution >= 0.6 is 11.6 Å². The van der Waals surface area contributed by atoms with Gasteiger partial charge < -0.3 is 25.1 Å². The van der Waals surface area contributed by atoms with Crippen LogP contribution in [0, 0.1) is 0 Å². The third-order valence-corrected chi connectivity index (χ3v) is 5.89. The Morgan fingerprint density at radius 3 is 2.53 bits per heavy atom. The van der Waals surface area contributed by atoms with E-state index in [1.54, 1.807) is 49.6 Å². The van der Waals surface area contributed by atoms with E-state index < -0.39 is 11.6 Å². The van der Waals surface area contributed by atoms with Gasteiger partial charge in [0.1, 0.15) is 17.2 Å². The smallest absolute Gasteiger partial charge is 0.259 e. The quantitative estimate of drug-likeness (QED) is 0.587. The Morgan fingerprint density at radius 1 is 1.12 bits per heavy atom. The van der Waals surface area contributed by atoms with Crippen molar-refractivity contribution >= 4 is 23.2 Å². The highest BCUT2D eigenvalue weighted by atomic mass is 35.5. The molecule has 0 fully saturated rings. The first-order valence-electron chi connectivity index (χ1n) is 9.70. The molecule has 2 aromatic carbocycles. The predicted octanol–water partition coefficient (Wildman–Crippen LogP) is 3.19. The van der Waals surface area contributed by atoms with Gasteiger partial charge in [-0.05, 0) is 18.2 Å². The number of hydrogen-bond acceptors (Lipinski definition) is 7. The van der Waals surface area contributed by atoms with Crippen LogP contribution in [0.1, 0.15) is 27.0 Å². The van der Waals surface area contributed by atoms with Crippen molar-refractivity contribution in [3.05, 3.63) is 75.9 Å². The van der Waals surface area contributed by atoms with E-state index in [1.807, 2.05) is 0 Å². The highest BCUT2D eigenvalue weighted by molar-refractivity contribution is 6.31. The predicted molar refractivity (Wildman–Crippen MR) is 119 cm³/mol. The number of fused-ring (bicyclic) bond motifs is 1. The van der Waals surface area contributed by atoms with Gasteiger partial charge in [0, 0.05) is 28.4 Å². The van der Waals surface area contributed by atoms with Gasteiger partial charge in [-0.25, -0.2) is 4.98 Å². The average Bonchev–Trinajstić information content (AvgIpc) is 3.02. The molecule has 0 spiro atoms. The second-order valence-corrected chi connectivity index (χ2v) is 7.60. The summed E-state index contributed by atoms with van der Waals surface area (Å²) >= 11 is 6.47. The molecule has 1 aromatic heterocycles. The number of ether oxygens (including phenoxy) is 3. The summed E-state index contributed by atoms with van der Waals surface area (Å²) in [4.78, 5) is 18.9. The van der Waals surface area contributed by atoms with E-state index >= 15 is 0 Å². The van der Waals surface area contributed by atoms with E-state index in [0.717, 1.165) is 0 Å². The Balaban J connectivity index is 1.93. The van der Waals surface area contributed by atoms with E-state index in [-0.39, 0.29) is 34.3 Å². The highest BCUT2D eigenvalue weighted by Gasteiger charge is 2.53. The number of hydrogen-bond donors (Lipinski definition) is 2. The Labute approximate surface area is 190 Å². The maximum atomic E-state index is 13.5. The average molecular weight is 456 g/mol. The molecule has 0 aliphatic carbocycles. The minimum atomic E-state index is -1.96. The number of pyridine rings is 1. The van der Waals surface area contributed by atoms with Crippen LogP contribution in [0.5, 0.6) is 17.4 Å². The van der Waals surface area contributed by atoms with Crippen molar-refractivity contribution in [3.63, 3.8) is 0 Å². The van der Waals surface area contributed by atoms with Gasteiger partial charge >= 0.3 is 0 Å². The van der Waals surface area contributed by atoms with Crippen LogP contribution in [-0.2, 0) is 12.3 Å². The molecule has 0 bridgehead atoms. The fourth-order valence-corrected chi connectivity index (χ4v) is 4.27. The molecule has 1 unspecified atom stereocenters. The van der Waals surface area contributed by atoms with Crippen molar-refractivity contribution in [2.45, 2.75) is 12.3 Å². The fraction of sp³-hybridized carbons (Fsp3) is 0.217. The van der Waals surface area contributed by atoms with Crippen LogP contribution in [-0.4, -0.2) is 42.2 Å². The minimum absolute atomic E-state index is 0.00413. The van der Waals surface area contributed by atoms with Crippen LogP contribution in [0.3, 0.4) is 0 Å². The number of carbonyl (C=O) groups is 1. The number of anilines is 1. The van der Waals surface area contributed by atoms with Crippen LogP contribution in [0.2, 0.25) is 5.02 Å². The van der Waals surface area contributed by atoms with Crippen molar-refractivity contribution < 1.29 is 24.1 Å². The summed E-state index contributed by atoms with van der Waals surface area (Å²) in [6.07, 6.45) is 1.35. The molecule has 2 heterocycles. The number of aliphatic hydroxyl groups is 1. The lowest BCUT2D eigenvalue weighted by Gasteiger charge is -2.36. The molecular formula is C23H22ClN3O5. The summed E-state index contributed by atoms with van der Waals surface area (Å²) < 4.78 is 16.0. The summed E-state index contributed by atoms with van der Waals surface area (Å²) in [5.74, 6) is 0.743. The molecule has 9 heteroatoms. The summed E-state index contributed by atoms with van der Waals surface area (Å²) in [6, 6.07) is 12.0. The summed E-state index contributed by atoms with van der Waals surface area (Å²) in [5.41, 5.74) is 5.71. The molecule has 4 rings (SSSR count). The number of carbonyl (C=O) groups excluding carboxylic acids is 1. The molecule has 1 aliphatic heterocycles. The van der Waals surface area contributed by atoms with Gasteiger partial charge in [-0.2, -0.15) is 0 Å². The largest absolute Gasteiger partial charge is 0.497 e. The SMILES string of the molecule is COc1ccc(CN2C(=O)c3cnc(OC)c(N)c3C2(O)c2ccccc2Cl)c(OC)c1. The Kier molecular flexibility index (Phi) is 5.58. The molecular weight excluding hydrogens is 434 g/mol. The Hall–Kier alpha value is -3.49. The maximum absolute atomic E-state index is 13.5. The molecule has 8 nitrogen and oxygen atoms in total. The number of amides is 1. The van der Waals surface area contributed by atoms with Crippen LogP contribution in [0.15, 0.2) is 48.7 Å². The van der Waals surface area contributed by atoms with Gasteiger partial charge in [0.25, 0.3) is 5.91 Å². The number of benzene rings is 2. The van der Waals surface area contributed by atoms with Crippen LogP contribution in [0.25, 0.3) is 0 Å². The molecule has 0 saturated heterocycles. The third-order valence-electron chi connectivity index (χ3n) is 5.56. The van der Waals surface area contributed by atoms with Crippen molar-refractivity contribution in [2.24, 2.45) is 0 Å². The van der Waals surface area contributed by atoms with Gasteiger partial charge in [-0.1, -0.05) is 29.8 Å². The molecule has 1 atom stereocenters. The molecule has 1 aliphatic rings. The topological polar surface area (TPSA) is 107 Å². The van der Waals surface area contributed by atoms with Crippen molar-refractivity contribution in [1.29, 1.82) is 0 Å². The monoisotopic (exact) mass is 455 g/mol. The molecule has 166 valence electrons. The maximum Gasteiger partial charge on any atom is 0.259 e. The fourth-order valence-electron chi connectivity index (χ4n) is 4.00. The molecule has 32 heavy (non-hydrogen) atoms. The van der Waals surface area contributed by atoms with Gasteiger partial charge in [-0.15, -0.1) is 0 Å². The van der Waals surface area contributed by atoms with Gasteiger partial charge in [0.2, 0.25) is 5.88 Å². The second-order valence-electron chi connectivity index (χ2n) is 7.19. The summed E-state index contributed by atoms with van der Waals surface area (Å²) in [7, 11) is 4.48. The van der Waals surface area contributed by atoms with E-state index in [4.69, 9.17) is 31.5 Å². The number of nitrogens with zero attached hydrogens (tertiary/aromatic N) is 2. The van der Waals surface area contributed by atoms with Crippen molar-refractivity contribution in [1.82, 2.24) is 9.88 Å². The van der Waals surface area contributed by atoms with Crippen LogP contribution in [0.4, 0.5) is 5.69 Å². The first kappa shape index (κ1) is 21.7. The van der Waals surface area contributed by atoms with Crippen molar-refractivity contribution in [2.75, 3.05) is 27.1 Å². The molecule has 0 radical (unpaired) electrons. The molecule has 3 N–H and O–H groups in total. The number of halogens is 1. The van der Waals surface area contributed by atoms with Gasteiger partial charge in [0.05, 0.1) is 39.0 Å². The number of aromatic nitrogens is 1. The molecule has 0 saturated carbocycles. The van der Waals surface area contributed by atoms with E-state index in [9.17, 15) is 9.90 Å². The minimum Gasteiger partial charge on any atom is -0.497 e. The van der Waals surface area contributed by atoms with E-state index in [1.165, 1.54) is 25.3 Å². The normalized spacial score (nSPS) is 17.3. The number of nitrogens with two attached hydrogens (primary N) is 1. The number of rotatable bonds is 6. The molecule has 3 aromatic rings. The first-order chi connectivity index (χ1) is 15.4. The van der Waals surface area contributed by atoms with Gasteiger partial charge in [0.15, 0.2) is 5.72 Å². The van der Waals surface area contributed by atoms with Gasteiger partial charge in [-0.3, -0.25) is 9.69 Å². The standard InChI is InChI=1S/C23H22ClN3O5/c1-30-14-9-8-13(18(10-14)31-2)12-27-22(28)15-11-26-21(32-3)20(25)19(15)23(27,29)16-6-4-5-7-17(16)24/h4-11,29H,12,25H2,1-3H3. The Morgan fingerprint density at radius 2 is 1.88 bits per heavy atom. The summed E-state index contributed by atoms with van der Waals surface area (Å²) in [6.45, 7) is 0.00413. The number of nitrogen functional groups attached to an aromatic ring is 1.